The van der Waals surface area contributed by atoms with Gasteiger partial charge in [-0.2, -0.15) is 0 Å². The highest BCUT2D eigenvalue weighted by atomic mass is 16.4. The third kappa shape index (κ3) is 2.91. The molecule has 0 saturated carbocycles. The number of carboxylic acids is 1. The largest absolute Gasteiger partial charge is 0.478 e. The third-order valence-electron chi connectivity index (χ3n) is 2.25. The van der Waals surface area contributed by atoms with Gasteiger partial charge >= 0.3 is 5.97 Å². The molecule has 2 aromatic carbocycles. The number of rotatable bonds is 4. The third-order valence-corrected chi connectivity index (χ3v) is 2.25. The number of aromatic carboxylic acids is 1. The Bertz CT molecular complexity index is 567. The fraction of sp³-hybridized carbons (Fsp3) is 0. The zero-order valence-electron chi connectivity index (χ0n) is 9.45. The Kier molecular flexibility index (Phi) is 3.66. The maximum Gasteiger partial charge on any atom is 0.337 e. The minimum absolute atomic E-state index is 0.121. The molecular weight excluding hydrogens is 230 g/mol. The van der Waals surface area contributed by atoms with Crippen molar-refractivity contribution in [3.05, 3.63) is 60.2 Å². The number of carbonyl (C=O) groups is 1. The summed E-state index contributed by atoms with van der Waals surface area (Å²) < 4.78 is 0. The monoisotopic (exact) mass is 241 g/mol. The van der Waals surface area contributed by atoms with Crippen molar-refractivity contribution in [1.82, 2.24) is 0 Å². The molecule has 5 heteroatoms. The molecule has 0 spiro atoms. The fourth-order valence-corrected chi connectivity index (χ4v) is 1.39. The number of nitrogens with zero attached hydrogens (tertiary/aromatic N) is 2. The molecule has 0 unspecified atom stereocenters. The molecule has 0 bridgehead atoms. The molecule has 90 valence electrons. The molecule has 0 aliphatic rings. The van der Waals surface area contributed by atoms with E-state index in [1.807, 2.05) is 30.3 Å². The Labute approximate surface area is 104 Å². The molecule has 0 saturated heterocycles. The van der Waals surface area contributed by atoms with E-state index < -0.39 is 5.97 Å². The van der Waals surface area contributed by atoms with Gasteiger partial charge in [0.05, 0.1) is 11.3 Å². The van der Waals surface area contributed by atoms with Crippen LogP contribution in [0.1, 0.15) is 10.4 Å². The molecule has 18 heavy (non-hydrogen) atoms. The molecule has 0 aliphatic heterocycles. The van der Waals surface area contributed by atoms with Crippen LogP contribution in [-0.4, -0.2) is 11.1 Å². The van der Waals surface area contributed by atoms with E-state index in [1.54, 1.807) is 18.2 Å². The van der Waals surface area contributed by atoms with Crippen molar-refractivity contribution >= 4 is 17.3 Å². The Balaban J connectivity index is 2.12. The number of hydrogen-bond donors (Lipinski definition) is 2. The summed E-state index contributed by atoms with van der Waals surface area (Å²) in [5.74, 6) is -1.02. The normalized spacial score (nSPS) is 10.4. The van der Waals surface area contributed by atoms with Gasteiger partial charge in [-0.3, -0.25) is 5.43 Å². The van der Waals surface area contributed by atoms with Crippen molar-refractivity contribution in [2.24, 2.45) is 10.3 Å². The standard InChI is InChI=1S/C13H11N3O2/c17-13(18)11-8-4-5-9-12(11)15-16-14-10-6-2-1-3-7-10/h1-9H,(H,14,15)(H,17,18). The van der Waals surface area contributed by atoms with Crippen LogP contribution in [0.5, 0.6) is 0 Å². The summed E-state index contributed by atoms with van der Waals surface area (Å²) in [6, 6.07) is 15.7. The SMILES string of the molecule is O=C(O)c1ccccc1N=NNc1ccccc1. The van der Waals surface area contributed by atoms with Crippen LogP contribution in [0, 0.1) is 0 Å². The van der Waals surface area contributed by atoms with Crippen LogP contribution in [0.2, 0.25) is 0 Å². The van der Waals surface area contributed by atoms with Gasteiger partial charge in [-0.15, -0.1) is 5.11 Å². The first-order valence-corrected chi connectivity index (χ1v) is 5.31. The lowest BCUT2D eigenvalue weighted by molar-refractivity contribution is 0.0698. The van der Waals surface area contributed by atoms with E-state index in [0.29, 0.717) is 5.69 Å². The van der Waals surface area contributed by atoms with Crippen LogP contribution < -0.4 is 5.43 Å². The van der Waals surface area contributed by atoms with E-state index in [-0.39, 0.29) is 5.56 Å². The van der Waals surface area contributed by atoms with Gasteiger partial charge in [0.15, 0.2) is 0 Å². The van der Waals surface area contributed by atoms with Gasteiger partial charge in [-0.05, 0) is 24.3 Å². The first-order valence-electron chi connectivity index (χ1n) is 5.31. The molecule has 2 aromatic rings. The van der Waals surface area contributed by atoms with E-state index in [1.165, 1.54) is 6.07 Å². The summed E-state index contributed by atoms with van der Waals surface area (Å²) in [7, 11) is 0. The summed E-state index contributed by atoms with van der Waals surface area (Å²) in [5.41, 5.74) is 3.95. The lowest BCUT2D eigenvalue weighted by atomic mass is 10.2. The molecule has 5 nitrogen and oxygen atoms in total. The second kappa shape index (κ2) is 5.58. The maximum absolute atomic E-state index is 10.9. The molecule has 0 fully saturated rings. The molecular formula is C13H11N3O2. The Hall–Kier alpha value is -2.69. The number of para-hydroxylation sites is 1. The van der Waals surface area contributed by atoms with Gasteiger partial charge in [-0.25, -0.2) is 4.79 Å². The van der Waals surface area contributed by atoms with Gasteiger partial charge < -0.3 is 5.11 Å². The average Bonchev–Trinajstić information content (AvgIpc) is 2.40. The predicted molar refractivity (Wildman–Crippen MR) is 68.0 cm³/mol. The first kappa shape index (κ1) is 11.8. The van der Waals surface area contributed by atoms with Crippen LogP contribution in [0.4, 0.5) is 11.4 Å². The Morgan fingerprint density at radius 1 is 1.00 bits per heavy atom. The van der Waals surface area contributed by atoms with E-state index >= 15 is 0 Å². The molecule has 2 rings (SSSR count). The topological polar surface area (TPSA) is 74.0 Å². The molecule has 0 radical (unpaired) electrons. The minimum atomic E-state index is -1.02. The van der Waals surface area contributed by atoms with Gasteiger partial charge in [0, 0.05) is 0 Å². The van der Waals surface area contributed by atoms with Gasteiger partial charge in [0.25, 0.3) is 0 Å². The van der Waals surface area contributed by atoms with Gasteiger partial charge in [-0.1, -0.05) is 35.6 Å². The second-order valence-corrected chi connectivity index (χ2v) is 3.50. The maximum atomic E-state index is 10.9. The van der Waals surface area contributed by atoms with Crippen LogP contribution in [0.25, 0.3) is 0 Å². The number of hydrogen-bond acceptors (Lipinski definition) is 3. The molecule has 2 N–H and O–H groups in total. The number of anilines is 1. The van der Waals surface area contributed by atoms with E-state index in [0.717, 1.165) is 5.69 Å². The van der Waals surface area contributed by atoms with Crippen molar-refractivity contribution in [3.63, 3.8) is 0 Å². The Morgan fingerprint density at radius 2 is 1.67 bits per heavy atom. The minimum Gasteiger partial charge on any atom is -0.478 e. The molecule has 0 heterocycles. The Morgan fingerprint density at radius 3 is 2.39 bits per heavy atom. The summed E-state index contributed by atoms with van der Waals surface area (Å²) >= 11 is 0. The molecule has 0 atom stereocenters. The van der Waals surface area contributed by atoms with Crippen molar-refractivity contribution < 1.29 is 9.90 Å². The highest BCUT2D eigenvalue weighted by Crippen LogP contribution is 2.19. The summed E-state index contributed by atoms with van der Waals surface area (Å²) in [6.07, 6.45) is 0. The van der Waals surface area contributed by atoms with E-state index in [9.17, 15) is 4.79 Å². The molecule has 0 aliphatic carbocycles. The van der Waals surface area contributed by atoms with Gasteiger partial charge in [0.1, 0.15) is 5.69 Å². The summed E-state index contributed by atoms with van der Waals surface area (Å²) in [6.45, 7) is 0. The fourth-order valence-electron chi connectivity index (χ4n) is 1.39. The highest BCUT2D eigenvalue weighted by molar-refractivity contribution is 5.93. The number of carboxylic acid groups (broad SMARTS) is 1. The van der Waals surface area contributed by atoms with Gasteiger partial charge in [0.2, 0.25) is 0 Å². The second-order valence-electron chi connectivity index (χ2n) is 3.50. The zero-order valence-corrected chi connectivity index (χ0v) is 9.45. The van der Waals surface area contributed by atoms with Crippen LogP contribution >= 0.6 is 0 Å². The van der Waals surface area contributed by atoms with Crippen LogP contribution in [0.3, 0.4) is 0 Å². The lowest BCUT2D eigenvalue weighted by Gasteiger charge is -1.99. The summed E-state index contributed by atoms with van der Waals surface area (Å²) in [4.78, 5) is 10.9. The number of benzene rings is 2. The van der Waals surface area contributed by atoms with Crippen molar-refractivity contribution in [1.29, 1.82) is 0 Å². The van der Waals surface area contributed by atoms with E-state index in [4.69, 9.17) is 5.11 Å². The lowest BCUT2D eigenvalue weighted by Crippen LogP contribution is -1.95. The summed E-state index contributed by atoms with van der Waals surface area (Å²) in [5, 5.41) is 16.6. The first-order chi connectivity index (χ1) is 8.77. The predicted octanol–water partition coefficient (Wildman–Crippen LogP) is 3.50. The number of nitrogens with one attached hydrogen (secondary N) is 1. The van der Waals surface area contributed by atoms with E-state index in [2.05, 4.69) is 15.8 Å². The molecule has 0 aromatic heterocycles. The quantitative estimate of drug-likeness (QED) is 0.635. The van der Waals surface area contributed by atoms with Crippen LogP contribution in [-0.2, 0) is 0 Å². The van der Waals surface area contributed by atoms with Crippen molar-refractivity contribution in [2.45, 2.75) is 0 Å². The van der Waals surface area contributed by atoms with Crippen molar-refractivity contribution in [3.8, 4) is 0 Å². The molecule has 0 amide bonds. The smallest absolute Gasteiger partial charge is 0.337 e. The highest BCUT2D eigenvalue weighted by Gasteiger charge is 2.07. The zero-order chi connectivity index (χ0) is 12.8. The van der Waals surface area contributed by atoms with Crippen LogP contribution in [0.15, 0.2) is 64.9 Å². The van der Waals surface area contributed by atoms with Crippen molar-refractivity contribution in [2.75, 3.05) is 5.43 Å². The average molecular weight is 241 g/mol.